The van der Waals surface area contributed by atoms with Gasteiger partial charge in [-0.1, -0.05) is 62.8 Å². The van der Waals surface area contributed by atoms with Crippen LogP contribution in [-0.4, -0.2) is 23.1 Å². The van der Waals surface area contributed by atoms with E-state index in [0.717, 1.165) is 111 Å². The number of allylic oxidation sites excluding steroid dienone is 4. The predicted molar refractivity (Wildman–Crippen MR) is 198 cm³/mol. The van der Waals surface area contributed by atoms with Gasteiger partial charge in [-0.3, -0.25) is 0 Å². The molecule has 6 nitrogen and oxygen atoms in total. The van der Waals surface area contributed by atoms with Gasteiger partial charge in [-0.2, -0.15) is 0 Å². The first-order valence-corrected chi connectivity index (χ1v) is 19.3. The van der Waals surface area contributed by atoms with Crippen molar-refractivity contribution in [3.8, 4) is 23.0 Å². The van der Waals surface area contributed by atoms with Gasteiger partial charge in [0.15, 0.2) is 0 Å². The van der Waals surface area contributed by atoms with Gasteiger partial charge in [0.2, 0.25) is 0 Å². The molecule has 6 rings (SSSR count). The van der Waals surface area contributed by atoms with E-state index in [0.29, 0.717) is 11.5 Å². The minimum atomic E-state index is -1.02. The van der Waals surface area contributed by atoms with E-state index in [1.807, 2.05) is 12.1 Å². The molecule has 0 unspecified atom stereocenters. The third kappa shape index (κ3) is 7.41. The van der Waals surface area contributed by atoms with Crippen LogP contribution in [0.3, 0.4) is 0 Å². The van der Waals surface area contributed by atoms with Crippen molar-refractivity contribution in [2.45, 2.75) is 155 Å². The molecule has 0 radical (unpaired) electrons. The van der Waals surface area contributed by atoms with E-state index in [-0.39, 0.29) is 34.9 Å². The van der Waals surface area contributed by atoms with E-state index in [2.05, 4.69) is 79.7 Å². The molecular weight excluding hydrogens is 624 g/mol. The van der Waals surface area contributed by atoms with E-state index in [1.165, 1.54) is 11.1 Å². The molecule has 0 N–H and O–H groups in total. The summed E-state index contributed by atoms with van der Waals surface area (Å²) in [4.78, 5) is 27.7. The maximum absolute atomic E-state index is 13.8. The monoisotopic (exact) mass is 682 g/mol. The number of benzene rings is 2. The standard InChI is InChI=1S/C44H58O6/c1-9-11-13-15-29-23-35(39-31-21-27(3)17-19-33(31)43(5,6)49-37(39)25-29)47-41(45)42(46)48-36-24-30(16-14-12-10-2)26-38-40(36)32-22-28(4)18-20-34(32)44(7,8)50-38/h21-26,31-34H,9-20H2,1-8H3/t31-,32-,33-,34-/m1/s1. The Morgan fingerprint density at radius 2 is 1.06 bits per heavy atom. The van der Waals surface area contributed by atoms with Crippen LogP contribution in [0.1, 0.15) is 154 Å². The number of ether oxygens (including phenoxy) is 4. The van der Waals surface area contributed by atoms with Crippen molar-refractivity contribution in [3.63, 3.8) is 0 Å². The van der Waals surface area contributed by atoms with Gasteiger partial charge in [0.05, 0.1) is 0 Å². The molecule has 2 aliphatic carbocycles. The highest BCUT2D eigenvalue weighted by molar-refractivity contribution is 6.31. The molecule has 2 aromatic rings. The average Bonchev–Trinajstić information content (AvgIpc) is 3.03. The summed E-state index contributed by atoms with van der Waals surface area (Å²) < 4.78 is 25.6. The highest BCUT2D eigenvalue weighted by Crippen LogP contribution is 2.55. The lowest BCUT2D eigenvalue weighted by Gasteiger charge is -2.46. The Kier molecular flexibility index (Phi) is 10.6. The maximum Gasteiger partial charge on any atom is 0.423 e. The van der Waals surface area contributed by atoms with Gasteiger partial charge in [0.25, 0.3) is 0 Å². The molecule has 2 aliphatic heterocycles. The summed E-state index contributed by atoms with van der Waals surface area (Å²) in [6.07, 6.45) is 16.8. The SMILES string of the molecule is CCCCCc1cc(OC(=O)C(=O)Oc2cc(CCCCC)cc3c2[C@@H]2C=C(C)CC[C@H]2C(C)(C)O3)c2c(c1)OC(C)(C)[C@@H]1CCC(C)=C[C@@H]21. The first-order chi connectivity index (χ1) is 23.8. The summed E-state index contributed by atoms with van der Waals surface area (Å²) in [5.41, 5.74) is 5.67. The molecular formula is C44H58O6. The molecule has 6 heteroatoms. The highest BCUT2D eigenvalue weighted by atomic mass is 16.6. The number of esters is 2. The third-order valence-corrected chi connectivity index (χ3v) is 11.7. The summed E-state index contributed by atoms with van der Waals surface area (Å²) in [5, 5.41) is 0. The largest absolute Gasteiger partial charge is 0.487 e. The number of hydrogen-bond acceptors (Lipinski definition) is 6. The van der Waals surface area contributed by atoms with Gasteiger partial charge in [0, 0.05) is 34.8 Å². The smallest absolute Gasteiger partial charge is 0.423 e. The zero-order valence-electron chi connectivity index (χ0n) is 31.7. The first-order valence-electron chi connectivity index (χ1n) is 19.3. The van der Waals surface area contributed by atoms with E-state index in [9.17, 15) is 9.59 Å². The number of rotatable bonds is 10. The molecule has 0 saturated carbocycles. The summed E-state index contributed by atoms with van der Waals surface area (Å²) in [5.74, 6) is 0.735. The van der Waals surface area contributed by atoms with Crippen LogP contribution in [0.2, 0.25) is 0 Å². The molecule has 0 fully saturated rings. The maximum atomic E-state index is 13.8. The van der Waals surface area contributed by atoms with Gasteiger partial charge in [0.1, 0.15) is 34.2 Å². The third-order valence-electron chi connectivity index (χ3n) is 11.7. The van der Waals surface area contributed by atoms with Crippen LogP contribution in [0.4, 0.5) is 0 Å². The van der Waals surface area contributed by atoms with E-state index >= 15 is 0 Å². The first kappa shape index (κ1) is 36.3. The number of aryl methyl sites for hydroxylation is 2. The normalized spacial score (nSPS) is 24.2. The Morgan fingerprint density at radius 1 is 0.660 bits per heavy atom. The van der Waals surface area contributed by atoms with Gasteiger partial charge >= 0.3 is 11.9 Å². The van der Waals surface area contributed by atoms with Crippen molar-refractivity contribution in [2.75, 3.05) is 0 Å². The van der Waals surface area contributed by atoms with Crippen molar-refractivity contribution in [1.82, 2.24) is 0 Å². The Hall–Kier alpha value is -3.54. The molecule has 0 aromatic heterocycles. The van der Waals surface area contributed by atoms with Gasteiger partial charge in [-0.05, 0) is 128 Å². The fourth-order valence-corrected chi connectivity index (χ4v) is 9.02. The van der Waals surface area contributed by atoms with Gasteiger partial charge in [-0.25, -0.2) is 9.59 Å². The van der Waals surface area contributed by atoms with Crippen LogP contribution in [-0.2, 0) is 22.4 Å². The topological polar surface area (TPSA) is 71.1 Å². The number of hydrogen-bond donors (Lipinski definition) is 0. The molecule has 0 spiro atoms. The second-order valence-electron chi connectivity index (χ2n) is 16.5. The van der Waals surface area contributed by atoms with Crippen molar-refractivity contribution >= 4 is 11.9 Å². The quantitative estimate of drug-likeness (QED) is 0.0817. The summed E-state index contributed by atoms with van der Waals surface area (Å²) >= 11 is 0. The Morgan fingerprint density at radius 3 is 1.44 bits per heavy atom. The average molecular weight is 683 g/mol. The van der Waals surface area contributed by atoms with Crippen LogP contribution < -0.4 is 18.9 Å². The predicted octanol–water partition coefficient (Wildman–Crippen LogP) is 10.9. The molecule has 0 saturated heterocycles. The summed E-state index contributed by atoms with van der Waals surface area (Å²) in [6.45, 7) is 17.3. The summed E-state index contributed by atoms with van der Waals surface area (Å²) in [6, 6.07) is 8.12. The lowest BCUT2D eigenvalue weighted by molar-refractivity contribution is -0.156. The fraction of sp³-hybridized carbons (Fsp3) is 0.591. The Labute approximate surface area is 300 Å². The van der Waals surface area contributed by atoms with Crippen LogP contribution in [0, 0.1) is 11.8 Å². The molecule has 0 amide bonds. The van der Waals surface area contributed by atoms with E-state index in [1.54, 1.807) is 0 Å². The lowest BCUT2D eigenvalue weighted by atomic mass is 9.68. The molecule has 0 bridgehead atoms. The highest BCUT2D eigenvalue weighted by Gasteiger charge is 2.47. The number of carbonyl (C=O) groups excluding carboxylic acids is 2. The lowest BCUT2D eigenvalue weighted by Crippen LogP contribution is -2.45. The summed E-state index contributed by atoms with van der Waals surface area (Å²) in [7, 11) is 0. The minimum absolute atomic E-state index is 0.0246. The van der Waals surface area contributed by atoms with Gasteiger partial charge in [-0.15, -0.1) is 0 Å². The van der Waals surface area contributed by atoms with Crippen LogP contribution in [0.5, 0.6) is 23.0 Å². The van der Waals surface area contributed by atoms with E-state index < -0.39 is 11.9 Å². The van der Waals surface area contributed by atoms with Crippen molar-refractivity contribution in [1.29, 1.82) is 0 Å². The molecule has 4 atom stereocenters. The number of fused-ring (bicyclic) bond motifs is 6. The Bertz CT molecular complexity index is 1550. The minimum Gasteiger partial charge on any atom is -0.487 e. The van der Waals surface area contributed by atoms with Crippen molar-refractivity contribution in [3.05, 3.63) is 69.8 Å². The fourth-order valence-electron chi connectivity index (χ4n) is 9.02. The van der Waals surface area contributed by atoms with E-state index in [4.69, 9.17) is 18.9 Å². The number of carbonyl (C=O) groups is 2. The zero-order chi connectivity index (χ0) is 35.8. The molecule has 50 heavy (non-hydrogen) atoms. The second-order valence-corrected chi connectivity index (χ2v) is 16.5. The van der Waals surface area contributed by atoms with Crippen molar-refractivity contribution in [2.24, 2.45) is 11.8 Å². The molecule has 4 aliphatic rings. The van der Waals surface area contributed by atoms with Crippen LogP contribution >= 0.6 is 0 Å². The van der Waals surface area contributed by atoms with Crippen molar-refractivity contribution < 1.29 is 28.5 Å². The number of unbranched alkanes of at least 4 members (excludes halogenated alkanes) is 4. The zero-order valence-corrected chi connectivity index (χ0v) is 31.7. The van der Waals surface area contributed by atoms with Crippen LogP contribution in [0.15, 0.2) is 47.6 Å². The molecule has 270 valence electrons. The van der Waals surface area contributed by atoms with Crippen LogP contribution in [0.25, 0.3) is 0 Å². The second kappa shape index (κ2) is 14.6. The molecule has 2 heterocycles. The Balaban J connectivity index is 1.35. The van der Waals surface area contributed by atoms with Gasteiger partial charge < -0.3 is 18.9 Å². The molecule has 2 aromatic carbocycles.